The van der Waals surface area contributed by atoms with Gasteiger partial charge in [-0.05, 0) is 36.8 Å². The summed E-state index contributed by atoms with van der Waals surface area (Å²) in [6, 6.07) is 11.6. The Morgan fingerprint density at radius 3 is 3.00 bits per heavy atom. The van der Waals surface area contributed by atoms with Crippen LogP contribution in [0.3, 0.4) is 0 Å². The first-order valence-corrected chi connectivity index (χ1v) is 9.78. The lowest BCUT2D eigenvalue weighted by molar-refractivity contribution is 0.0949. The number of aromatic nitrogens is 3. The fraction of sp³-hybridized carbons (Fsp3) is 0.200. The number of pyridine rings is 1. The quantitative estimate of drug-likeness (QED) is 0.477. The zero-order chi connectivity index (χ0) is 19.3. The number of fused-ring (bicyclic) bond motifs is 1. The summed E-state index contributed by atoms with van der Waals surface area (Å²) in [4.78, 5) is 25.1. The Labute approximate surface area is 165 Å². The number of nitrogens with one attached hydrogen (secondary N) is 1. The van der Waals surface area contributed by atoms with Gasteiger partial charge in [0.05, 0.1) is 5.75 Å². The molecule has 8 heteroatoms. The predicted molar refractivity (Wildman–Crippen MR) is 105 cm³/mol. The molecule has 0 atom stereocenters. The first-order chi connectivity index (χ1) is 13.7. The molecule has 0 radical (unpaired) electrons. The Kier molecular flexibility index (Phi) is 5.38. The van der Waals surface area contributed by atoms with Crippen LogP contribution in [-0.4, -0.2) is 27.4 Å². The molecular weight excluding hydrogens is 376 g/mol. The van der Waals surface area contributed by atoms with Gasteiger partial charge in [0.2, 0.25) is 5.89 Å². The Hall–Kier alpha value is -3.13. The molecule has 4 aromatic rings. The molecule has 1 aromatic carbocycles. The molecule has 28 heavy (non-hydrogen) atoms. The molecule has 0 aliphatic carbocycles. The Morgan fingerprint density at radius 2 is 2.14 bits per heavy atom. The molecule has 4 rings (SSSR count). The minimum atomic E-state index is -0.270. The van der Waals surface area contributed by atoms with Crippen LogP contribution in [0.25, 0.3) is 11.1 Å². The largest absolute Gasteiger partial charge is 0.447 e. The molecule has 0 saturated carbocycles. The molecule has 0 unspecified atom stereocenters. The van der Waals surface area contributed by atoms with E-state index in [0.717, 1.165) is 22.4 Å². The molecule has 1 N–H and O–H groups in total. The summed E-state index contributed by atoms with van der Waals surface area (Å²) in [7, 11) is 0. The number of aryl methyl sites for hydroxylation is 1. The van der Waals surface area contributed by atoms with Crippen LogP contribution in [0.4, 0.5) is 0 Å². The van der Waals surface area contributed by atoms with E-state index in [0.29, 0.717) is 29.8 Å². The van der Waals surface area contributed by atoms with Crippen molar-refractivity contribution < 1.29 is 13.6 Å². The van der Waals surface area contributed by atoms with E-state index in [1.165, 1.54) is 18.0 Å². The van der Waals surface area contributed by atoms with Gasteiger partial charge >= 0.3 is 0 Å². The maximum atomic E-state index is 12.2. The van der Waals surface area contributed by atoms with Crippen LogP contribution in [0.2, 0.25) is 0 Å². The highest BCUT2D eigenvalue weighted by atomic mass is 32.2. The Morgan fingerprint density at radius 1 is 1.21 bits per heavy atom. The highest BCUT2D eigenvalue weighted by Crippen LogP contribution is 2.26. The van der Waals surface area contributed by atoms with Crippen LogP contribution >= 0.6 is 11.8 Å². The normalized spacial score (nSPS) is 11.0. The number of thioether (sulfide) groups is 1. The monoisotopic (exact) mass is 394 g/mol. The molecule has 0 aliphatic rings. The van der Waals surface area contributed by atoms with Crippen molar-refractivity contribution in [3.05, 3.63) is 71.7 Å². The van der Waals surface area contributed by atoms with Crippen LogP contribution in [0.5, 0.6) is 0 Å². The van der Waals surface area contributed by atoms with Crippen molar-refractivity contribution in [3.63, 3.8) is 0 Å². The second-order valence-electron chi connectivity index (χ2n) is 6.19. The number of benzene rings is 1. The molecule has 0 bridgehead atoms. The van der Waals surface area contributed by atoms with E-state index in [1.807, 2.05) is 43.3 Å². The SMILES string of the molecule is Cc1ccc2oc(SCc3nc(C(=O)NCCc4ccccn4)co3)nc2c1. The number of oxazole rings is 2. The van der Waals surface area contributed by atoms with E-state index >= 15 is 0 Å². The lowest BCUT2D eigenvalue weighted by Crippen LogP contribution is -2.26. The molecule has 0 aliphatic heterocycles. The third-order valence-electron chi connectivity index (χ3n) is 4.02. The third kappa shape index (κ3) is 4.40. The van der Waals surface area contributed by atoms with Gasteiger partial charge in [-0.1, -0.05) is 23.9 Å². The minimum absolute atomic E-state index is 0.254. The molecule has 0 fully saturated rings. The lowest BCUT2D eigenvalue weighted by atomic mass is 10.2. The predicted octanol–water partition coefficient (Wildman–Crippen LogP) is 3.78. The summed E-state index contributed by atoms with van der Waals surface area (Å²) in [5, 5.41) is 3.36. The van der Waals surface area contributed by atoms with Gasteiger partial charge in [0.15, 0.2) is 11.3 Å². The van der Waals surface area contributed by atoms with Crippen LogP contribution in [0.15, 0.2) is 62.9 Å². The number of nitrogens with zero attached hydrogens (tertiary/aromatic N) is 3. The van der Waals surface area contributed by atoms with Gasteiger partial charge in [-0.25, -0.2) is 9.97 Å². The summed E-state index contributed by atoms with van der Waals surface area (Å²) in [6.45, 7) is 2.49. The fourth-order valence-corrected chi connectivity index (χ4v) is 3.31. The van der Waals surface area contributed by atoms with Gasteiger partial charge in [0.25, 0.3) is 11.1 Å². The second-order valence-corrected chi connectivity index (χ2v) is 7.12. The molecule has 1 amide bonds. The van der Waals surface area contributed by atoms with Crippen LogP contribution < -0.4 is 5.32 Å². The van der Waals surface area contributed by atoms with Crippen LogP contribution in [0, 0.1) is 6.92 Å². The Bertz CT molecular complexity index is 1090. The van der Waals surface area contributed by atoms with Gasteiger partial charge in [-0.15, -0.1) is 0 Å². The molecule has 0 saturated heterocycles. The van der Waals surface area contributed by atoms with E-state index in [1.54, 1.807) is 6.20 Å². The number of carbonyl (C=O) groups excluding carboxylic acids is 1. The highest BCUT2D eigenvalue weighted by molar-refractivity contribution is 7.98. The molecular formula is C20H18N4O3S. The molecule has 0 spiro atoms. The van der Waals surface area contributed by atoms with E-state index in [-0.39, 0.29) is 11.6 Å². The van der Waals surface area contributed by atoms with E-state index in [2.05, 4.69) is 20.3 Å². The van der Waals surface area contributed by atoms with Crippen LogP contribution in [-0.2, 0) is 12.2 Å². The van der Waals surface area contributed by atoms with Crippen molar-refractivity contribution in [1.29, 1.82) is 0 Å². The Balaban J connectivity index is 1.30. The molecule has 7 nitrogen and oxygen atoms in total. The number of rotatable bonds is 7. The zero-order valence-electron chi connectivity index (χ0n) is 15.2. The van der Waals surface area contributed by atoms with E-state index < -0.39 is 0 Å². The van der Waals surface area contributed by atoms with Crippen molar-refractivity contribution in [1.82, 2.24) is 20.3 Å². The highest BCUT2D eigenvalue weighted by Gasteiger charge is 2.14. The number of amides is 1. The van der Waals surface area contributed by atoms with Crippen molar-refractivity contribution in [2.45, 2.75) is 24.3 Å². The molecule has 3 heterocycles. The van der Waals surface area contributed by atoms with Crippen molar-refractivity contribution in [2.75, 3.05) is 6.54 Å². The summed E-state index contributed by atoms with van der Waals surface area (Å²) in [5.41, 5.74) is 3.87. The van der Waals surface area contributed by atoms with E-state index in [9.17, 15) is 4.79 Å². The fourth-order valence-electron chi connectivity index (χ4n) is 2.62. The maximum Gasteiger partial charge on any atom is 0.273 e. The summed E-state index contributed by atoms with van der Waals surface area (Å²) < 4.78 is 11.1. The number of hydrogen-bond donors (Lipinski definition) is 1. The topological polar surface area (TPSA) is 94.1 Å². The second kappa shape index (κ2) is 8.26. The van der Waals surface area contributed by atoms with Gasteiger partial charge in [-0.2, -0.15) is 0 Å². The average molecular weight is 394 g/mol. The van der Waals surface area contributed by atoms with Crippen molar-refractivity contribution in [2.24, 2.45) is 0 Å². The standard InChI is InChI=1S/C20H18N4O3S/c1-13-5-6-17-15(10-13)24-20(27-17)28-12-18-23-16(11-26-18)19(25)22-9-7-14-4-2-3-8-21-14/h2-6,8,10-11H,7,9,12H2,1H3,(H,22,25). The third-order valence-corrected chi connectivity index (χ3v) is 4.83. The van der Waals surface area contributed by atoms with Gasteiger partial charge in [-0.3, -0.25) is 9.78 Å². The molecule has 142 valence electrons. The first kappa shape index (κ1) is 18.2. The number of carbonyl (C=O) groups is 1. The van der Waals surface area contributed by atoms with Gasteiger partial charge in [0.1, 0.15) is 11.8 Å². The smallest absolute Gasteiger partial charge is 0.273 e. The average Bonchev–Trinajstić information content (AvgIpc) is 3.33. The minimum Gasteiger partial charge on any atom is -0.447 e. The molecule has 3 aromatic heterocycles. The van der Waals surface area contributed by atoms with Gasteiger partial charge in [0, 0.05) is 24.9 Å². The van der Waals surface area contributed by atoms with E-state index in [4.69, 9.17) is 8.83 Å². The van der Waals surface area contributed by atoms with Gasteiger partial charge < -0.3 is 14.2 Å². The number of hydrogen-bond acceptors (Lipinski definition) is 7. The zero-order valence-corrected chi connectivity index (χ0v) is 16.0. The first-order valence-electron chi connectivity index (χ1n) is 8.80. The summed E-state index contributed by atoms with van der Waals surface area (Å²) in [5.74, 6) is 0.596. The van der Waals surface area contributed by atoms with Crippen LogP contribution in [0.1, 0.15) is 27.6 Å². The van der Waals surface area contributed by atoms with Crippen molar-refractivity contribution >= 4 is 28.8 Å². The van der Waals surface area contributed by atoms with Crippen molar-refractivity contribution in [3.8, 4) is 0 Å². The summed E-state index contributed by atoms with van der Waals surface area (Å²) in [6.07, 6.45) is 3.75. The maximum absolute atomic E-state index is 12.2. The lowest BCUT2D eigenvalue weighted by Gasteiger charge is -2.02. The summed E-state index contributed by atoms with van der Waals surface area (Å²) >= 11 is 1.37.